The first-order valence-electron chi connectivity index (χ1n) is 7.13. The van der Waals surface area contributed by atoms with Gasteiger partial charge in [0.15, 0.2) is 0 Å². The van der Waals surface area contributed by atoms with Crippen LogP contribution in [0.5, 0.6) is 0 Å². The molecule has 20 heavy (non-hydrogen) atoms. The van der Waals surface area contributed by atoms with Gasteiger partial charge >= 0.3 is 5.69 Å². The van der Waals surface area contributed by atoms with Gasteiger partial charge in [-0.15, -0.1) is 0 Å². The maximum absolute atomic E-state index is 12.2. The molecule has 6 heteroatoms. The van der Waals surface area contributed by atoms with Crippen LogP contribution in [0.25, 0.3) is 5.69 Å². The van der Waals surface area contributed by atoms with Gasteiger partial charge in [-0.3, -0.25) is 0 Å². The standard InChI is InChI=1S/C14H19N5O/c15-12-5-7-13(8-6-12)19-14(20)18(16-17-19)10-9-11-3-1-2-4-11/h5-8,11H,1-4,9-10,15H2. The van der Waals surface area contributed by atoms with Crippen LogP contribution in [0.2, 0.25) is 0 Å². The number of benzene rings is 1. The summed E-state index contributed by atoms with van der Waals surface area (Å²) in [5.74, 6) is 0.739. The summed E-state index contributed by atoms with van der Waals surface area (Å²) in [7, 11) is 0. The summed E-state index contributed by atoms with van der Waals surface area (Å²) in [6, 6.07) is 7.04. The highest BCUT2D eigenvalue weighted by atomic mass is 16.2. The zero-order chi connectivity index (χ0) is 13.9. The van der Waals surface area contributed by atoms with E-state index in [1.807, 2.05) is 0 Å². The van der Waals surface area contributed by atoms with E-state index >= 15 is 0 Å². The quantitative estimate of drug-likeness (QED) is 0.858. The van der Waals surface area contributed by atoms with Crippen molar-refractivity contribution in [3.05, 3.63) is 34.7 Å². The second-order valence-corrected chi connectivity index (χ2v) is 5.43. The van der Waals surface area contributed by atoms with Crippen molar-refractivity contribution in [3.63, 3.8) is 0 Å². The Hall–Kier alpha value is -2.11. The van der Waals surface area contributed by atoms with Gasteiger partial charge in [-0.05, 0) is 47.0 Å². The maximum atomic E-state index is 12.2. The van der Waals surface area contributed by atoms with E-state index in [1.54, 1.807) is 24.3 Å². The number of aryl methyl sites for hydroxylation is 1. The summed E-state index contributed by atoms with van der Waals surface area (Å²) in [5, 5.41) is 7.90. The van der Waals surface area contributed by atoms with Crippen LogP contribution >= 0.6 is 0 Å². The smallest absolute Gasteiger partial charge is 0.368 e. The van der Waals surface area contributed by atoms with Crippen molar-refractivity contribution in [1.29, 1.82) is 0 Å². The van der Waals surface area contributed by atoms with Crippen LogP contribution in [-0.4, -0.2) is 19.8 Å². The number of nitrogens with two attached hydrogens (primary N) is 1. The minimum Gasteiger partial charge on any atom is -0.399 e. The van der Waals surface area contributed by atoms with E-state index in [0.29, 0.717) is 17.9 Å². The second-order valence-electron chi connectivity index (χ2n) is 5.43. The molecule has 0 radical (unpaired) electrons. The van der Waals surface area contributed by atoms with Crippen LogP contribution in [0.1, 0.15) is 32.1 Å². The molecule has 1 saturated carbocycles. The lowest BCUT2D eigenvalue weighted by Gasteiger charge is -2.06. The van der Waals surface area contributed by atoms with Crippen LogP contribution in [0.15, 0.2) is 29.1 Å². The van der Waals surface area contributed by atoms with Crippen LogP contribution in [-0.2, 0) is 6.54 Å². The number of nitrogen functional groups attached to an aromatic ring is 1. The molecule has 6 nitrogen and oxygen atoms in total. The molecule has 1 aliphatic carbocycles. The maximum Gasteiger partial charge on any atom is 0.368 e. The molecule has 1 heterocycles. The molecule has 0 spiro atoms. The first-order valence-corrected chi connectivity index (χ1v) is 7.13. The molecular formula is C14H19N5O. The minimum absolute atomic E-state index is 0.187. The Kier molecular flexibility index (Phi) is 3.54. The van der Waals surface area contributed by atoms with Gasteiger partial charge in [-0.1, -0.05) is 25.7 Å². The lowest BCUT2D eigenvalue weighted by Crippen LogP contribution is -2.25. The Morgan fingerprint density at radius 1 is 1.15 bits per heavy atom. The van der Waals surface area contributed by atoms with Gasteiger partial charge < -0.3 is 5.73 Å². The highest BCUT2D eigenvalue weighted by molar-refractivity contribution is 5.44. The summed E-state index contributed by atoms with van der Waals surface area (Å²) in [4.78, 5) is 12.2. The Morgan fingerprint density at radius 2 is 1.85 bits per heavy atom. The number of tetrazole rings is 1. The summed E-state index contributed by atoms with van der Waals surface area (Å²) in [6.45, 7) is 0.651. The molecule has 1 aliphatic rings. The van der Waals surface area contributed by atoms with Gasteiger partial charge in [0, 0.05) is 12.2 Å². The normalized spacial score (nSPS) is 15.8. The Labute approximate surface area is 117 Å². The van der Waals surface area contributed by atoms with E-state index in [-0.39, 0.29) is 5.69 Å². The zero-order valence-corrected chi connectivity index (χ0v) is 11.4. The molecular weight excluding hydrogens is 254 g/mol. The number of hydrogen-bond donors (Lipinski definition) is 1. The number of nitrogens with zero attached hydrogens (tertiary/aromatic N) is 4. The summed E-state index contributed by atoms with van der Waals surface area (Å²) in [5.41, 5.74) is 6.80. The number of aromatic nitrogens is 4. The van der Waals surface area contributed by atoms with Gasteiger partial charge in [0.25, 0.3) is 0 Å². The van der Waals surface area contributed by atoms with Crippen molar-refractivity contribution in [3.8, 4) is 5.69 Å². The Morgan fingerprint density at radius 3 is 2.55 bits per heavy atom. The van der Waals surface area contributed by atoms with Crippen molar-refractivity contribution in [1.82, 2.24) is 19.8 Å². The molecule has 1 aromatic heterocycles. The molecule has 2 aromatic rings. The molecule has 1 fully saturated rings. The lowest BCUT2D eigenvalue weighted by atomic mass is 10.0. The second kappa shape index (κ2) is 5.48. The van der Waals surface area contributed by atoms with Crippen LogP contribution < -0.4 is 11.4 Å². The molecule has 0 saturated heterocycles. The van der Waals surface area contributed by atoms with Crippen LogP contribution in [0.4, 0.5) is 5.69 Å². The molecule has 2 N–H and O–H groups in total. The van der Waals surface area contributed by atoms with E-state index in [0.717, 1.165) is 12.3 Å². The van der Waals surface area contributed by atoms with E-state index < -0.39 is 0 Å². The topological polar surface area (TPSA) is 78.7 Å². The fourth-order valence-electron chi connectivity index (χ4n) is 2.80. The third-order valence-electron chi connectivity index (χ3n) is 4.00. The lowest BCUT2D eigenvalue weighted by molar-refractivity contribution is 0.428. The van der Waals surface area contributed by atoms with Crippen molar-refractivity contribution in [2.45, 2.75) is 38.6 Å². The zero-order valence-electron chi connectivity index (χ0n) is 11.4. The fourth-order valence-corrected chi connectivity index (χ4v) is 2.80. The largest absolute Gasteiger partial charge is 0.399 e. The van der Waals surface area contributed by atoms with Gasteiger partial charge in [0.2, 0.25) is 0 Å². The molecule has 0 amide bonds. The van der Waals surface area contributed by atoms with E-state index in [9.17, 15) is 4.79 Å². The van der Waals surface area contributed by atoms with Crippen LogP contribution in [0, 0.1) is 5.92 Å². The van der Waals surface area contributed by atoms with E-state index in [1.165, 1.54) is 35.0 Å². The average molecular weight is 273 g/mol. The highest BCUT2D eigenvalue weighted by Gasteiger charge is 2.16. The third-order valence-corrected chi connectivity index (χ3v) is 4.00. The Balaban J connectivity index is 1.74. The third kappa shape index (κ3) is 2.59. The van der Waals surface area contributed by atoms with E-state index in [4.69, 9.17) is 5.73 Å². The molecule has 0 bridgehead atoms. The molecule has 0 atom stereocenters. The first-order chi connectivity index (χ1) is 9.74. The predicted molar refractivity (Wildman–Crippen MR) is 76.6 cm³/mol. The summed E-state index contributed by atoms with van der Waals surface area (Å²) < 4.78 is 2.77. The van der Waals surface area contributed by atoms with Gasteiger partial charge in [0.05, 0.1) is 5.69 Å². The molecule has 3 rings (SSSR count). The highest BCUT2D eigenvalue weighted by Crippen LogP contribution is 2.27. The summed E-state index contributed by atoms with van der Waals surface area (Å²) >= 11 is 0. The van der Waals surface area contributed by atoms with Crippen molar-refractivity contribution in [2.24, 2.45) is 5.92 Å². The minimum atomic E-state index is -0.187. The van der Waals surface area contributed by atoms with Gasteiger partial charge in [-0.2, -0.15) is 9.36 Å². The molecule has 1 aromatic carbocycles. The SMILES string of the molecule is Nc1ccc(-n2nnn(CCC3CCCC3)c2=O)cc1. The monoisotopic (exact) mass is 273 g/mol. The average Bonchev–Trinajstić information content (AvgIpc) is 3.08. The molecule has 0 unspecified atom stereocenters. The number of rotatable bonds is 4. The van der Waals surface area contributed by atoms with Crippen molar-refractivity contribution >= 4 is 5.69 Å². The van der Waals surface area contributed by atoms with Crippen LogP contribution in [0.3, 0.4) is 0 Å². The Bertz CT molecular complexity index is 622. The number of anilines is 1. The summed E-state index contributed by atoms with van der Waals surface area (Å²) in [6.07, 6.45) is 6.21. The van der Waals surface area contributed by atoms with Gasteiger partial charge in [-0.25, -0.2) is 4.79 Å². The molecule has 0 aliphatic heterocycles. The first kappa shape index (κ1) is 12.9. The van der Waals surface area contributed by atoms with E-state index in [2.05, 4.69) is 10.4 Å². The van der Waals surface area contributed by atoms with Gasteiger partial charge in [0.1, 0.15) is 0 Å². The molecule has 106 valence electrons. The number of hydrogen-bond acceptors (Lipinski definition) is 4. The predicted octanol–water partition coefficient (Wildman–Crippen LogP) is 1.59. The van der Waals surface area contributed by atoms with Crippen molar-refractivity contribution < 1.29 is 0 Å². The van der Waals surface area contributed by atoms with Crippen molar-refractivity contribution in [2.75, 3.05) is 5.73 Å². The fraction of sp³-hybridized carbons (Fsp3) is 0.500.